The van der Waals surface area contributed by atoms with Gasteiger partial charge in [0.05, 0.1) is 13.0 Å². The van der Waals surface area contributed by atoms with Crippen LogP contribution >= 0.6 is 0 Å². The summed E-state index contributed by atoms with van der Waals surface area (Å²) in [6.45, 7) is 3.99. The van der Waals surface area contributed by atoms with Crippen LogP contribution in [0.15, 0.2) is 0 Å². The minimum atomic E-state index is -0.0688. The summed E-state index contributed by atoms with van der Waals surface area (Å²) in [7, 11) is 1.46. The Hall–Kier alpha value is -0.570. The van der Waals surface area contributed by atoms with Crippen LogP contribution in [-0.2, 0) is 9.53 Å². The highest BCUT2D eigenvalue weighted by Crippen LogP contribution is 2.19. The molecule has 0 bridgehead atoms. The van der Waals surface area contributed by atoms with Gasteiger partial charge >= 0.3 is 5.97 Å². The van der Waals surface area contributed by atoms with E-state index in [-0.39, 0.29) is 11.9 Å². The van der Waals surface area contributed by atoms with Crippen molar-refractivity contribution >= 4 is 5.97 Å². The van der Waals surface area contributed by atoms with Crippen molar-refractivity contribution < 1.29 is 9.53 Å². The van der Waals surface area contributed by atoms with Crippen molar-refractivity contribution in [3.05, 3.63) is 0 Å². The maximum Gasteiger partial charge on any atom is 0.309 e. The molecule has 70 valence electrons. The first-order valence-corrected chi connectivity index (χ1v) is 4.56. The summed E-state index contributed by atoms with van der Waals surface area (Å²) in [5.74, 6) is 0.650. The Bertz CT molecular complexity index is 159. The molecular weight excluding hydrogens is 154 g/mol. The van der Waals surface area contributed by atoms with Gasteiger partial charge in [-0.1, -0.05) is 13.3 Å². The number of esters is 1. The van der Waals surface area contributed by atoms with Gasteiger partial charge < -0.3 is 10.1 Å². The van der Waals surface area contributed by atoms with E-state index in [4.69, 9.17) is 4.74 Å². The number of ether oxygens (including phenoxy) is 1. The third-order valence-electron chi connectivity index (χ3n) is 2.55. The number of hydrogen-bond donors (Lipinski definition) is 1. The highest BCUT2D eigenvalue weighted by molar-refractivity contribution is 5.72. The van der Waals surface area contributed by atoms with Gasteiger partial charge in [0.1, 0.15) is 0 Å². The van der Waals surface area contributed by atoms with Crippen LogP contribution in [0, 0.1) is 11.8 Å². The molecule has 0 aromatic carbocycles. The SMILES string of the molecule is CC[C@@H]1CNC[C@@H](C(=O)OC)C1. The van der Waals surface area contributed by atoms with Crippen LogP contribution in [0.1, 0.15) is 19.8 Å². The Morgan fingerprint density at radius 2 is 2.33 bits per heavy atom. The molecule has 0 aromatic rings. The molecule has 3 nitrogen and oxygen atoms in total. The highest BCUT2D eigenvalue weighted by atomic mass is 16.5. The van der Waals surface area contributed by atoms with Crippen LogP contribution in [-0.4, -0.2) is 26.2 Å². The fourth-order valence-electron chi connectivity index (χ4n) is 1.69. The van der Waals surface area contributed by atoms with Gasteiger partial charge in [0.2, 0.25) is 0 Å². The second-order valence-corrected chi connectivity index (χ2v) is 3.39. The van der Waals surface area contributed by atoms with Crippen LogP contribution < -0.4 is 5.32 Å². The van der Waals surface area contributed by atoms with Crippen molar-refractivity contribution in [3.8, 4) is 0 Å². The number of methoxy groups -OCH3 is 1. The van der Waals surface area contributed by atoms with Gasteiger partial charge in [-0.3, -0.25) is 4.79 Å². The largest absolute Gasteiger partial charge is 0.469 e. The van der Waals surface area contributed by atoms with Crippen molar-refractivity contribution in [2.45, 2.75) is 19.8 Å². The number of hydrogen-bond acceptors (Lipinski definition) is 3. The maximum atomic E-state index is 11.2. The standard InChI is InChI=1S/C9H17NO2/c1-3-7-4-8(6-10-5-7)9(11)12-2/h7-8,10H,3-6H2,1-2H3/t7-,8-/m0/s1. The Morgan fingerprint density at radius 1 is 1.58 bits per heavy atom. The summed E-state index contributed by atoms with van der Waals surface area (Å²) in [5, 5.41) is 3.25. The van der Waals surface area contributed by atoms with E-state index in [1.165, 1.54) is 7.11 Å². The lowest BCUT2D eigenvalue weighted by Gasteiger charge is -2.27. The Morgan fingerprint density at radius 3 is 2.92 bits per heavy atom. The first-order chi connectivity index (χ1) is 5.77. The molecule has 0 spiro atoms. The highest BCUT2D eigenvalue weighted by Gasteiger charge is 2.26. The van der Waals surface area contributed by atoms with Crippen molar-refractivity contribution in [2.75, 3.05) is 20.2 Å². The van der Waals surface area contributed by atoms with E-state index in [9.17, 15) is 4.79 Å². The van der Waals surface area contributed by atoms with E-state index in [0.717, 1.165) is 25.9 Å². The molecule has 2 atom stereocenters. The predicted molar refractivity (Wildman–Crippen MR) is 46.8 cm³/mol. The third-order valence-corrected chi connectivity index (χ3v) is 2.55. The molecule has 1 fully saturated rings. The van der Waals surface area contributed by atoms with Gasteiger partial charge in [-0.2, -0.15) is 0 Å². The zero-order chi connectivity index (χ0) is 8.97. The smallest absolute Gasteiger partial charge is 0.309 e. The van der Waals surface area contributed by atoms with Crippen LogP contribution in [0.4, 0.5) is 0 Å². The summed E-state index contributed by atoms with van der Waals surface area (Å²) in [4.78, 5) is 11.2. The molecule has 1 aliphatic heterocycles. The first-order valence-electron chi connectivity index (χ1n) is 4.56. The van der Waals surface area contributed by atoms with Crippen molar-refractivity contribution in [1.82, 2.24) is 5.32 Å². The van der Waals surface area contributed by atoms with E-state index in [1.54, 1.807) is 0 Å². The summed E-state index contributed by atoms with van der Waals surface area (Å²) < 4.78 is 4.70. The Kier molecular flexibility index (Phi) is 3.53. The molecule has 1 heterocycles. The van der Waals surface area contributed by atoms with Crippen LogP contribution in [0.3, 0.4) is 0 Å². The molecule has 1 N–H and O–H groups in total. The normalized spacial score (nSPS) is 29.8. The number of rotatable bonds is 2. The van der Waals surface area contributed by atoms with Gasteiger partial charge in [0.15, 0.2) is 0 Å². The third kappa shape index (κ3) is 2.21. The van der Waals surface area contributed by atoms with Crippen LogP contribution in [0.2, 0.25) is 0 Å². The maximum absolute atomic E-state index is 11.2. The second-order valence-electron chi connectivity index (χ2n) is 3.39. The molecule has 0 saturated carbocycles. The minimum Gasteiger partial charge on any atom is -0.469 e. The number of nitrogens with one attached hydrogen (secondary N) is 1. The van der Waals surface area contributed by atoms with Crippen molar-refractivity contribution in [2.24, 2.45) is 11.8 Å². The van der Waals surface area contributed by atoms with E-state index < -0.39 is 0 Å². The second kappa shape index (κ2) is 4.45. The van der Waals surface area contributed by atoms with E-state index in [1.807, 2.05) is 0 Å². The zero-order valence-electron chi connectivity index (χ0n) is 7.80. The fraction of sp³-hybridized carbons (Fsp3) is 0.889. The molecule has 0 amide bonds. The summed E-state index contributed by atoms with van der Waals surface area (Å²) >= 11 is 0. The molecule has 1 rings (SSSR count). The Labute approximate surface area is 73.5 Å². The van der Waals surface area contributed by atoms with Crippen LogP contribution in [0.5, 0.6) is 0 Å². The lowest BCUT2D eigenvalue weighted by Crippen LogP contribution is -2.39. The van der Waals surface area contributed by atoms with E-state index in [2.05, 4.69) is 12.2 Å². The van der Waals surface area contributed by atoms with Crippen molar-refractivity contribution in [3.63, 3.8) is 0 Å². The number of carbonyl (C=O) groups excluding carboxylic acids is 1. The molecule has 1 aliphatic rings. The zero-order valence-corrected chi connectivity index (χ0v) is 7.80. The molecule has 0 unspecified atom stereocenters. The Balaban J connectivity index is 2.40. The summed E-state index contributed by atoms with van der Waals surface area (Å²) in [6, 6.07) is 0. The van der Waals surface area contributed by atoms with Crippen molar-refractivity contribution in [1.29, 1.82) is 0 Å². The van der Waals surface area contributed by atoms with Gasteiger partial charge in [-0.25, -0.2) is 0 Å². The minimum absolute atomic E-state index is 0.0688. The monoisotopic (exact) mass is 171 g/mol. The summed E-state index contributed by atoms with van der Waals surface area (Å²) in [5.41, 5.74) is 0. The molecule has 0 radical (unpaired) electrons. The quantitative estimate of drug-likeness (QED) is 0.624. The lowest BCUT2D eigenvalue weighted by atomic mass is 9.89. The topological polar surface area (TPSA) is 38.3 Å². The van der Waals surface area contributed by atoms with Gasteiger partial charge in [-0.05, 0) is 18.9 Å². The molecule has 0 aromatic heterocycles. The van der Waals surface area contributed by atoms with E-state index >= 15 is 0 Å². The van der Waals surface area contributed by atoms with E-state index in [0.29, 0.717) is 5.92 Å². The average Bonchev–Trinajstić information content (AvgIpc) is 2.17. The number of piperidine rings is 1. The lowest BCUT2D eigenvalue weighted by molar-refractivity contribution is -0.146. The van der Waals surface area contributed by atoms with Gasteiger partial charge in [0, 0.05) is 6.54 Å². The first kappa shape index (κ1) is 9.52. The number of carbonyl (C=O) groups is 1. The molecule has 1 saturated heterocycles. The average molecular weight is 171 g/mol. The summed E-state index contributed by atoms with van der Waals surface area (Å²) in [6.07, 6.45) is 2.12. The molecule has 12 heavy (non-hydrogen) atoms. The molecular formula is C9H17NO2. The van der Waals surface area contributed by atoms with Gasteiger partial charge in [-0.15, -0.1) is 0 Å². The predicted octanol–water partition coefficient (Wildman–Crippen LogP) is 0.795. The molecule has 0 aliphatic carbocycles. The van der Waals surface area contributed by atoms with Gasteiger partial charge in [0.25, 0.3) is 0 Å². The van der Waals surface area contributed by atoms with Crippen LogP contribution in [0.25, 0.3) is 0 Å². The fourth-order valence-corrected chi connectivity index (χ4v) is 1.69. The molecule has 3 heteroatoms.